The fourth-order valence-electron chi connectivity index (χ4n) is 9.08. The molecule has 466 valence electrons. The van der Waals surface area contributed by atoms with Crippen LogP contribution in [0.25, 0.3) is 90.9 Å². The van der Waals surface area contributed by atoms with Crippen LogP contribution in [-0.4, -0.2) is 126 Å². The van der Waals surface area contributed by atoms with Crippen LogP contribution in [-0.2, 0) is 0 Å². The molecule has 5 heterocycles. The number of hydrogen-bond donors (Lipinski definition) is 9. The second kappa shape index (κ2) is 25.5. The van der Waals surface area contributed by atoms with Crippen LogP contribution in [0.4, 0.5) is 70.2 Å². The molecule has 0 spiro atoms. The number of aromatic nitrogens is 4. The van der Waals surface area contributed by atoms with Gasteiger partial charge in [-0.2, -0.15) is 35.1 Å². The Kier molecular flexibility index (Phi) is 18.5. The van der Waals surface area contributed by atoms with E-state index in [0.29, 0.717) is 48.6 Å². The highest BCUT2D eigenvalue weighted by atomic mass is 19.2. The van der Waals surface area contributed by atoms with Crippen LogP contribution >= 0.6 is 0 Å². The molecule has 9 N–H and O–H groups in total. The van der Waals surface area contributed by atoms with Crippen LogP contribution < -0.4 is 18.9 Å². The second-order valence-corrected chi connectivity index (χ2v) is 19.2. The predicted octanol–water partition coefficient (Wildman–Crippen LogP) is 9.89. The van der Waals surface area contributed by atoms with Crippen molar-refractivity contribution >= 4 is 46.4 Å². The summed E-state index contributed by atoms with van der Waals surface area (Å²) in [4.78, 5) is 13.1. The molecule has 3 aromatic heterocycles. The molecule has 4 aromatic carbocycles. The molecule has 0 fully saturated rings. The number of rotatable bonds is 20. The molecule has 88 heavy (non-hydrogen) atoms. The lowest BCUT2D eigenvalue weighted by molar-refractivity contribution is 0.0504. The summed E-state index contributed by atoms with van der Waals surface area (Å²) in [7, 11) is 0. The molecule has 0 amide bonds. The highest BCUT2D eigenvalue weighted by Crippen LogP contribution is 2.47. The number of hydrogen-bond acceptors (Lipinski definition) is 13. The highest BCUT2D eigenvalue weighted by molar-refractivity contribution is 6.00. The van der Waals surface area contributed by atoms with Gasteiger partial charge in [0, 0.05) is 44.3 Å². The van der Waals surface area contributed by atoms with Crippen molar-refractivity contribution in [3.8, 4) is 67.5 Å². The summed E-state index contributed by atoms with van der Waals surface area (Å²) in [6.45, 7) is -6.41. The molecule has 9 rings (SSSR count). The normalized spacial score (nSPS) is 13.5. The number of halogens is 16. The van der Waals surface area contributed by atoms with Gasteiger partial charge in [-0.05, 0) is 55.0 Å². The molecule has 4 unspecified atom stereocenters. The van der Waals surface area contributed by atoms with Crippen LogP contribution in [0.15, 0.2) is 24.3 Å². The minimum absolute atomic E-state index is 0.103. The lowest BCUT2D eigenvalue weighted by Crippen LogP contribution is -2.22. The van der Waals surface area contributed by atoms with Gasteiger partial charge in [0.1, 0.15) is 44.7 Å². The van der Waals surface area contributed by atoms with E-state index in [9.17, 15) is 35.7 Å². The monoisotopic (exact) mass is 1260 g/mol. The van der Waals surface area contributed by atoms with Gasteiger partial charge in [0.2, 0.25) is 46.5 Å². The number of ether oxygens (including phenoxy) is 4. The molecule has 15 nitrogen and oxygen atoms in total. The van der Waals surface area contributed by atoms with Gasteiger partial charge in [0.05, 0.1) is 71.0 Å². The summed E-state index contributed by atoms with van der Waals surface area (Å²) < 4.78 is 283. The van der Waals surface area contributed by atoms with E-state index in [0.717, 1.165) is 0 Å². The van der Waals surface area contributed by atoms with Gasteiger partial charge < -0.3 is 64.7 Å². The van der Waals surface area contributed by atoms with Crippen molar-refractivity contribution in [2.45, 2.75) is 37.8 Å². The van der Waals surface area contributed by atoms with E-state index < -0.39 is 276 Å². The quantitative estimate of drug-likeness (QED) is 0.0256. The zero-order valence-electron chi connectivity index (χ0n) is 44.3. The second-order valence-electron chi connectivity index (χ2n) is 19.2. The Balaban J connectivity index is 1.51. The van der Waals surface area contributed by atoms with Gasteiger partial charge in [-0.25, -0.2) is 45.1 Å². The molecule has 4 atom stereocenters. The molecule has 0 aliphatic carbocycles. The fourth-order valence-corrected chi connectivity index (χ4v) is 9.08. The number of nitrogens with zero attached hydrogens (tertiary/aromatic N) is 2. The zero-order chi connectivity index (χ0) is 64.1. The maximum absolute atomic E-state index is 16.8. The van der Waals surface area contributed by atoms with Gasteiger partial charge in [-0.3, -0.25) is 0 Å². The van der Waals surface area contributed by atoms with Crippen LogP contribution in [0.3, 0.4) is 0 Å². The molecule has 0 radical (unpaired) electrons. The summed E-state index contributed by atoms with van der Waals surface area (Å²) in [6, 6.07) is 2.82. The molecule has 0 saturated carbocycles. The largest absolute Gasteiger partial charge is 0.485 e. The summed E-state index contributed by atoms with van der Waals surface area (Å²) in [6.07, 6.45) is -4.54. The predicted molar refractivity (Wildman–Crippen MR) is 277 cm³/mol. The Hall–Kier alpha value is -8.72. The molecule has 2 aliphatic rings. The smallest absolute Gasteiger partial charge is 0.204 e. The average molecular weight is 1260 g/mol. The van der Waals surface area contributed by atoms with E-state index >= 15 is 70.2 Å². The van der Waals surface area contributed by atoms with E-state index in [4.69, 9.17) is 18.9 Å². The highest BCUT2D eigenvalue weighted by Gasteiger charge is 2.37. The van der Waals surface area contributed by atoms with Crippen LogP contribution in [0, 0.1) is 93.1 Å². The third-order valence-electron chi connectivity index (χ3n) is 13.4. The Labute approximate surface area is 481 Å². The Morgan fingerprint density at radius 3 is 0.693 bits per heavy atom. The standard InChI is InChI=1S/C57H40F16N4O11/c1-2-18(81)14-85-54-46(66)38(58)34(39(59)47(54)67)30-22-3-5-24(74-22)31(35-40(60)48(68)55(49(69)41(35)61)86-15-19(82)11-78)26-7-9-28(76-26)33(37-44(64)52(72)57(53(73)45(37)65)88-17-21(84)13-80)29-10-8-27(77-29)32(25-6-4-23(30)75-25)36-42(62)50(70)56(51(71)43(36)63)87-16-20(83)12-79/h3-10,18-21,74,77-84H,2,11-17H2,1H3. The van der Waals surface area contributed by atoms with Gasteiger partial charge in [-0.15, -0.1) is 0 Å². The topological polar surface area (TPSA) is 236 Å². The van der Waals surface area contributed by atoms with Crippen molar-refractivity contribution in [1.82, 2.24) is 19.9 Å². The van der Waals surface area contributed by atoms with Crippen molar-refractivity contribution in [2.24, 2.45) is 0 Å². The SMILES string of the molecule is CCC(O)COc1c(F)c(F)c(-c2c3nc(c(-c4c(F)c(F)c(OCC(O)CO)c(F)c4F)c4ccc([nH]4)c(-c4c(F)c(F)c(OCC(O)CO)c(F)c4F)c4nc(c(-c5c(F)c(F)c(OCC(O)CO)c(F)c5F)c5ccc2[nH]5)C=C4)C=C3)c(F)c1F. The van der Waals surface area contributed by atoms with Crippen LogP contribution in [0.1, 0.15) is 36.1 Å². The number of aliphatic hydroxyl groups is 7. The van der Waals surface area contributed by atoms with Crippen molar-refractivity contribution in [3.63, 3.8) is 0 Å². The van der Waals surface area contributed by atoms with Gasteiger partial charge in [0.15, 0.2) is 69.5 Å². The number of nitrogens with one attached hydrogen (secondary N) is 2. The lowest BCUT2D eigenvalue weighted by Gasteiger charge is -2.16. The maximum atomic E-state index is 16.8. The van der Waals surface area contributed by atoms with E-state index in [1.807, 2.05) is 0 Å². The molecule has 31 heteroatoms. The van der Waals surface area contributed by atoms with Crippen LogP contribution in [0.2, 0.25) is 0 Å². The third kappa shape index (κ3) is 11.3. The summed E-state index contributed by atoms with van der Waals surface area (Å²) in [5.74, 6) is -45.0. The first-order valence-electron chi connectivity index (χ1n) is 25.5. The number of fused-ring (bicyclic) bond motifs is 8. The fraction of sp³-hybridized carbons (Fsp3) is 0.228. The Morgan fingerprint density at radius 2 is 0.511 bits per heavy atom. The summed E-state index contributed by atoms with van der Waals surface area (Å²) in [5.41, 5.74) is -19.5. The number of benzene rings is 4. The Bertz CT molecular complexity index is 3570. The molecule has 8 bridgehead atoms. The third-order valence-corrected chi connectivity index (χ3v) is 13.4. The average Bonchev–Trinajstić information content (AvgIpc) is 1.68. The van der Waals surface area contributed by atoms with Crippen molar-refractivity contribution < 1.29 is 125 Å². The number of H-pyrrole nitrogens is 2. The van der Waals surface area contributed by atoms with Crippen molar-refractivity contribution in [3.05, 3.63) is 140 Å². The van der Waals surface area contributed by atoms with Gasteiger partial charge in [-0.1, -0.05) is 6.92 Å². The van der Waals surface area contributed by atoms with Gasteiger partial charge in [0.25, 0.3) is 0 Å². The first-order chi connectivity index (χ1) is 41.8. The minimum atomic E-state index is -2.39. The van der Waals surface area contributed by atoms with Crippen LogP contribution in [0.5, 0.6) is 23.0 Å². The van der Waals surface area contributed by atoms with Crippen molar-refractivity contribution in [1.29, 1.82) is 0 Å². The maximum Gasteiger partial charge on any atom is 0.204 e. The first kappa shape index (κ1) is 63.8. The zero-order valence-corrected chi connectivity index (χ0v) is 44.3. The first-order valence-corrected chi connectivity index (χ1v) is 25.5. The Morgan fingerprint density at radius 1 is 0.318 bits per heavy atom. The molecule has 2 aliphatic heterocycles. The van der Waals surface area contributed by atoms with E-state index in [1.54, 1.807) is 0 Å². The lowest BCUT2D eigenvalue weighted by atomic mass is 10.0. The summed E-state index contributed by atoms with van der Waals surface area (Å²) >= 11 is 0. The molecular formula is C57H40F16N4O11. The summed E-state index contributed by atoms with van der Waals surface area (Å²) in [5, 5.41) is 67.0. The van der Waals surface area contributed by atoms with E-state index in [-0.39, 0.29) is 6.42 Å². The molecule has 0 saturated heterocycles. The van der Waals surface area contributed by atoms with E-state index in [1.165, 1.54) is 6.92 Å². The minimum Gasteiger partial charge on any atom is -0.485 e. The molecular weight excluding hydrogens is 1220 g/mol. The van der Waals surface area contributed by atoms with Gasteiger partial charge >= 0.3 is 0 Å². The number of aromatic amines is 2. The number of aliphatic hydroxyl groups excluding tert-OH is 7. The molecule has 7 aromatic rings. The van der Waals surface area contributed by atoms with E-state index in [2.05, 4.69) is 19.9 Å². The van der Waals surface area contributed by atoms with Crippen molar-refractivity contribution in [2.75, 3.05) is 46.2 Å².